The third kappa shape index (κ3) is 5.85. The Morgan fingerprint density at radius 1 is 0.968 bits per heavy atom. The van der Waals surface area contributed by atoms with E-state index in [-0.39, 0.29) is 23.4 Å². The second-order valence-corrected chi connectivity index (χ2v) is 9.78. The summed E-state index contributed by atoms with van der Waals surface area (Å²) in [6, 6.07) is 10.0. The van der Waals surface area contributed by atoms with E-state index in [9.17, 15) is 8.42 Å². The van der Waals surface area contributed by atoms with Crippen LogP contribution in [0.4, 0.5) is 0 Å². The first-order valence-electron chi connectivity index (χ1n) is 9.96. The molecule has 1 aliphatic rings. The molecule has 1 unspecified atom stereocenters. The average molecular weight is 469 g/mol. The molecule has 1 aliphatic heterocycles. The molecule has 0 amide bonds. The fourth-order valence-electron chi connectivity index (χ4n) is 3.47. The molecule has 0 aromatic heterocycles. The maximum absolute atomic E-state index is 12.3. The van der Waals surface area contributed by atoms with Crippen molar-refractivity contribution in [2.45, 2.75) is 23.0 Å². The highest BCUT2D eigenvalue weighted by Crippen LogP contribution is 2.43. The van der Waals surface area contributed by atoms with E-state index < -0.39 is 10.1 Å². The molecule has 170 valence electrons. The van der Waals surface area contributed by atoms with E-state index in [0.29, 0.717) is 12.4 Å². The van der Waals surface area contributed by atoms with E-state index in [1.165, 1.54) is 24.8 Å². The summed E-state index contributed by atoms with van der Waals surface area (Å²) in [7, 11) is 0.980. The van der Waals surface area contributed by atoms with Gasteiger partial charge >= 0.3 is 0 Å². The second kappa shape index (κ2) is 11.1. The maximum Gasteiger partial charge on any atom is 0.297 e. The second-order valence-electron chi connectivity index (χ2n) is 6.86. The normalized spacial score (nSPS) is 16.3. The number of methoxy groups -OCH3 is 3. The van der Waals surface area contributed by atoms with Crippen LogP contribution in [-0.4, -0.2) is 55.3 Å². The van der Waals surface area contributed by atoms with Crippen LogP contribution in [0.1, 0.15) is 22.8 Å². The molecule has 0 spiro atoms. The van der Waals surface area contributed by atoms with E-state index in [1.807, 2.05) is 17.8 Å². The summed E-state index contributed by atoms with van der Waals surface area (Å²) in [5.74, 6) is 3.10. The lowest BCUT2D eigenvalue weighted by atomic mass is 9.99. The van der Waals surface area contributed by atoms with Crippen molar-refractivity contribution < 1.29 is 31.5 Å². The number of hydrogen-bond acceptors (Lipinski definition) is 8. The maximum atomic E-state index is 12.3. The molecule has 0 fully saturated rings. The van der Waals surface area contributed by atoms with Crippen molar-refractivity contribution in [3.8, 4) is 17.2 Å². The molecular formula is C22H28O7S2. The number of thioether (sulfide) groups is 1. The van der Waals surface area contributed by atoms with Gasteiger partial charge in [0.05, 0.1) is 51.3 Å². The van der Waals surface area contributed by atoms with E-state index in [4.69, 9.17) is 23.1 Å². The van der Waals surface area contributed by atoms with Crippen molar-refractivity contribution in [3.63, 3.8) is 0 Å². The Bertz CT molecular complexity index is 959. The molecule has 2 aromatic rings. The van der Waals surface area contributed by atoms with Gasteiger partial charge in [-0.25, -0.2) is 0 Å². The van der Waals surface area contributed by atoms with E-state index >= 15 is 0 Å². The number of hydrogen-bond donors (Lipinski definition) is 0. The van der Waals surface area contributed by atoms with Crippen LogP contribution in [-0.2, 0) is 25.5 Å². The van der Waals surface area contributed by atoms with Crippen LogP contribution in [0.3, 0.4) is 0 Å². The molecule has 7 nitrogen and oxygen atoms in total. The first-order chi connectivity index (χ1) is 15.0. The Morgan fingerprint density at radius 3 is 2.42 bits per heavy atom. The highest BCUT2D eigenvalue weighted by atomic mass is 32.2. The first kappa shape index (κ1) is 23.7. The van der Waals surface area contributed by atoms with E-state index in [0.717, 1.165) is 35.7 Å². The van der Waals surface area contributed by atoms with Crippen LogP contribution in [0.2, 0.25) is 0 Å². The molecule has 0 bridgehead atoms. The van der Waals surface area contributed by atoms with Crippen LogP contribution in [0.25, 0.3) is 0 Å². The van der Waals surface area contributed by atoms with Crippen molar-refractivity contribution >= 4 is 21.9 Å². The Labute approximate surface area is 188 Å². The average Bonchev–Trinajstić information content (AvgIpc) is 3.00. The van der Waals surface area contributed by atoms with Crippen LogP contribution < -0.4 is 14.2 Å². The lowest BCUT2D eigenvalue weighted by Gasteiger charge is -2.20. The molecule has 0 radical (unpaired) electrons. The summed E-state index contributed by atoms with van der Waals surface area (Å²) >= 11 is 1.83. The van der Waals surface area contributed by atoms with Crippen LogP contribution in [0, 0.1) is 0 Å². The van der Waals surface area contributed by atoms with E-state index in [1.54, 1.807) is 26.4 Å². The van der Waals surface area contributed by atoms with Gasteiger partial charge < -0.3 is 18.9 Å². The lowest BCUT2D eigenvalue weighted by molar-refractivity contribution is 0.103. The zero-order valence-electron chi connectivity index (χ0n) is 18.0. The summed E-state index contributed by atoms with van der Waals surface area (Å²) in [5, 5.41) is 0.135. The third-order valence-corrected chi connectivity index (χ3v) is 7.65. The molecule has 0 N–H and O–H groups in total. The van der Waals surface area contributed by atoms with Crippen molar-refractivity contribution in [3.05, 3.63) is 47.5 Å². The van der Waals surface area contributed by atoms with Crippen molar-refractivity contribution in [2.24, 2.45) is 0 Å². The Hall–Kier alpha value is -1.94. The molecule has 3 rings (SSSR count). The molecule has 2 aromatic carbocycles. The van der Waals surface area contributed by atoms with Crippen LogP contribution >= 0.6 is 11.8 Å². The van der Waals surface area contributed by atoms with Gasteiger partial charge in [-0.3, -0.25) is 4.18 Å². The molecule has 0 aliphatic carbocycles. The first-order valence-corrected chi connectivity index (χ1v) is 12.4. The number of benzene rings is 2. The predicted molar refractivity (Wildman–Crippen MR) is 120 cm³/mol. The Balaban J connectivity index is 1.56. The fraction of sp³-hybridized carbons (Fsp3) is 0.455. The minimum absolute atomic E-state index is 0.0511. The Morgan fingerprint density at radius 2 is 1.74 bits per heavy atom. The van der Waals surface area contributed by atoms with Crippen LogP contribution in [0.5, 0.6) is 17.2 Å². The van der Waals surface area contributed by atoms with Crippen molar-refractivity contribution in [2.75, 3.05) is 46.9 Å². The number of rotatable bonds is 10. The summed E-state index contributed by atoms with van der Waals surface area (Å²) in [4.78, 5) is 0.0857. The molecule has 9 heteroatoms. The molecule has 31 heavy (non-hydrogen) atoms. The summed E-state index contributed by atoms with van der Waals surface area (Å²) in [5.41, 5.74) is 2.32. The Kier molecular flexibility index (Phi) is 8.48. The molecule has 1 heterocycles. The largest absolute Gasteiger partial charge is 0.497 e. The zero-order chi connectivity index (χ0) is 22.3. The molecular weight excluding hydrogens is 440 g/mol. The highest BCUT2D eigenvalue weighted by molar-refractivity contribution is 7.99. The highest BCUT2D eigenvalue weighted by Gasteiger charge is 2.24. The number of ether oxygens (including phenoxy) is 4. The minimum Gasteiger partial charge on any atom is -0.497 e. The standard InChI is InChI=1S/C22H28O7S2/c1-25-16-6-8-17(9-7-16)31(23,24)29-13-12-28-15-21-18-10-11-20(26-2)22(27-3)19(18)5-4-14-30-21/h6-11,21H,4-5,12-15H2,1-3H3. The third-order valence-electron chi connectivity index (χ3n) is 5.01. The predicted octanol–water partition coefficient (Wildman–Crippen LogP) is 3.86. The smallest absolute Gasteiger partial charge is 0.297 e. The molecule has 0 saturated carbocycles. The quantitative estimate of drug-likeness (QED) is 0.384. The van der Waals surface area contributed by atoms with E-state index in [2.05, 4.69) is 6.07 Å². The minimum atomic E-state index is -3.83. The van der Waals surface area contributed by atoms with Gasteiger partial charge in [0.15, 0.2) is 11.5 Å². The van der Waals surface area contributed by atoms with Crippen molar-refractivity contribution in [1.29, 1.82) is 0 Å². The van der Waals surface area contributed by atoms with Crippen LogP contribution in [0.15, 0.2) is 41.3 Å². The SMILES string of the molecule is COc1ccc(S(=O)(=O)OCCOCC2SCCCc3c2ccc(OC)c3OC)cc1. The van der Waals surface area contributed by atoms with Gasteiger partial charge in [-0.15, -0.1) is 0 Å². The van der Waals surface area contributed by atoms with Gasteiger partial charge in [0, 0.05) is 5.56 Å². The van der Waals surface area contributed by atoms with Gasteiger partial charge in [-0.1, -0.05) is 6.07 Å². The molecule has 0 saturated heterocycles. The summed E-state index contributed by atoms with van der Waals surface area (Å²) in [6.45, 7) is 0.582. The zero-order valence-corrected chi connectivity index (χ0v) is 19.6. The summed E-state index contributed by atoms with van der Waals surface area (Å²) in [6.07, 6.45) is 1.96. The monoisotopic (exact) mass is 468 g/mol. The van der Waals surface area contributed by atoms with Gasteiger partial charge in [-0.2, -0.15) is 20.2 Å². The van der Waals surface area contributed by atoms with Gasteiger partial charge in [-0.05, 0) is 54.5 Å². The molecule has 1 atom stereocenters. The topological polar surface area (TPSA) is 80.3 Å². The number of fused-ring (bicyclic) bond motifs is 1. The fourth-order valence-corrected chi connectivity index (χ4v) is 5.55. The van der Waals surface area contributed by atoms with Gasteiger partial charge in [0.1, 0.15) is 5.75 Å². The lowest BCUT2D eigenvalue weighted by Crippen LogP contribution is -2.14. The van der Waals surface area contributed by atoms with Crippen molar-refractivity contribution in [1.82, 2.24) is 0 Å². The summed E-state index contributed by atoms with van der Waals surface area (Å²) < 4.78 is 51.5. The van der Waals surface area contributed by atoms with Gasteiger partial charge in [0.2, 0.25) is 0 Å². The van der Waals surface area contributed by atoms with Gasteiger partial charge in [0.25, 0.3) is 10.1 Å².